The lowest BCUT2D eigenvalue weighted by molar-refractivity contribution is 0.139. The van der Waals surface area contributed by atoms with Crippen molar-refractivity contribution < 1.29 is 9.13 Å². The predicted molar refractivity (Wildman–Crippen MR) is 54.0 cm³/mol. The highest BCUT2D eigenvalue weighted by molar-refractivity contribution is 5.57. The predicted octanol–water partition coefficient (Wildman–Crippen LogP) is 2.20. The van der Waals surface area contributed by atoms with Crippen LogP contribution in [0.4, 0.5) is 10.1 Å². The van der Waals surface area contributed by atoms with Gasteiger partial charge in [0.05, 0.1) is 12.6 Å². The lowest BCUT2D eigenvalue weighted by atomic mass is 10.1. The van der Waals surface area contributed by atoms with Crippen LogP contribution in [0, 0.1) is 5.82 Å². The molecule has 1 heterocycles. The zero-order valence-corrected chi connectivity index (χ0v) is 8.22. The van der Waals surface area contributed by atoms with E-state index in [1.807, 2.05) is 13.0 Å². The van der Waals surface area contributed by atoms with Crippen molar-refractivity contribution in [2.75, 3.05) is 18.5 Å². The fraction of sp³-hybridized carbons (Fsp3) is 0.455. The normalized spacial score (nSPS) is 19.1. The van der Waals surface area contributed by atoms with E-state index in [9.17, 15) is 4.39 Å². The molecule has 1 N–H and O–H groups in total. The number of rotatable bonds is 3. The van der Waals surface area contributed by atoms with Crippen LogP contribution in [0.5, 0.6) is 0 Å². The number of halogens is 1. The number of hydrogen-bond acceptors (Lipinski definition) is 2. The largest absolute Gasteiger partial charge is 0.380 e. The highest BCUT2D eigenvalue weighted by Crippen LogP contribution is 2.27. The van der Waals surface area contributed by atoms with Gasteiger partial charge in [0, 0.05) is 17.9 Å². The van der Waals surface area contributed by atoms with Crippen LogP contribution in [0.25, 0.3) is 0 Å². The van der Waals surface area contributed by atoms with E-state index in [2.05, 4.69) is 5.32 Å². The van der Waals surface area contributed by atoms with Gasteiger partial charge in [0.2, 0.25) is 0 Å². The lowest BCUT2D eigenvalue weighted by Crippen LogP contribution is -2.22. The molecule has 14 heavy (non-hydrogen) atoms. The number of benzene rings is 1. The Hall–Kier alpha value is -1.09. The molecule has 1 aromatic carbocycles. The summed E-state index contributed by atoms with van der Waals surface area (Å²) in [5.74, 6) is -0.117. The quantitative estimate of drug-likeness (QED) is 0.798. The Labute approximate surface area is 83.1 Å². The molecular weight excluding hydrogens is 181 g/mol. The van der Waals surface area contributed by atoms with Crippen molar-refractivity contribution in [2.24, 2.45) is 0 Å². The van der Waals surface area contributed by atoms with Crippen molar-refractivity contribution >= 4 is 5.69 Å². The fourth-order valence-electron chi connectivity index (χ4n) is 1.78. The van der Waals surface area contributed by atoms with Gasteiger partial charge in [-0.05, 0) is 25.5 Å². The van der Waals surface area contributed by atoms with Crippen molar-refractivity contribution in [3.63, 3.8) is 0 Å². The Morgan fingerprint density at radius 3 is 3.14 bits per heavy atom. The van der Waals surface area contributed by atoms with E-state index in [0.717, 1.165) is 17.7 Å². The third-order valence-corrected chi connectivity index (χ3v) is 2.45. The van der Waals surface area contributed by atoms with Crippen molar-refractivity contribution in [1.29, 1.82) is 0 Å². The molecule has 0 aliphatic carbocycles. The Morgan fingerprint density at radius 2 is 2.43 bits per heavy atom. The zero-order valence-electron chi connectivity index (χ0n) is 8.22. The summed E-state index contributed by atoms with van der Waals surface area (Å²) in [7, 11) is 0. The van der Waals surface area contributed by atoms with E-state index in [4.69, 9.17) is 4.74 Å². The Morgan fingerprint density at radius 1 is 1.57 bits per heavy atom. The molecule has 1 unspecified atom stereocenters. The maximum Gasteiger partial charge on any atom is 0.128 e. The summed E-state index contributed by atoms with van der Waals surface area (Å²) in [4.78, 5) is 0. The van der Waals surface area contributed by atoms with E-state index in [1.165, 1.54) is 6.07 Å². The molecule has 0 fully saturated rings. The van der Waals surface area contributed by atoms with Crippen LogP contribution < -0.4 is 5.32 Å². The molecule has 0 radical (unpaired) electrons. The van der Waals surface area contributed by atoms with Gasteiger partial charge in [-0.1, -0.05) is 6.07 Å². The molecule has 1 atom stereocenters. The second-order valence-corrected chi connectivity index (χ2v) is 3.47. The van der Waals surface area contributed by atoms with Crippen LogP contribution in [-0.2, 0) is 11.2 Å². The maximum atomic E-state index is 13.3. The van der Waals surface area contributed by atoms with Gasteiger partial charge in [-0.3, -0.25) is 0 Å². The molecule has 0 bridgehead atoms. The molecule has 0 saturated carbocycles. The van der Waals surface area contributed by atoms with E-state index >= 15 is 0 Å². The molecule has 3 heteroatoms. The van der Waals surface area contributed by atoms with Gasteiger partial charge >= 0.3 is 0 Å². The van der Waals surface area contributed by atoms with Crippen LogP contribution in [0.1, 0.15) is 12.5 Å². The smallest absolute Gasteiger partial charge is 0.128 e. The minimum absolute atomic E-state index is 0.117. The number of nitrogens with one attached hydrogen (secondary N) is 1. The first-order valence-electron chi connectivity index (χ1n) is 4.93. The maximum absolute atomic E-state index is 13.3. The molecule has 76 valence electrons. The van der Waals surface area contributed by atoms with Crippen molar-refractivity contribution in [2.45, 2.75) is 19.4 Å². The van der Waals surface area contributed by atoms with Crippen molar-refractivity contribution in [1.82, 2.24) is 0 Å². The Balaban J connectivity index is 2.06. The molecule has 1 aliphatic heterocycles. The average molecular weight is 195 g/mol. The van der Waals surface area contributed by atoms with Gasteiger partial charge in [0.25, 0.3) is 0 Å². The lowest BCUT2D eigenvalue weighted by Gasteiger charge is -2.09. The molecular formula is C11H14FNO. The SMILES string of the molecule is CCOCC1Cc2c(F)cccc2N1. The third kappa shape index (κ3) is 1.73. The second kappa shape index (κ2) is 3.96. The molecule has 0 spiro atoms. The van der Waals surface area contributed by atoms with Crippen LogP contribution in [0.15, 0.2) is 18.2 Å². The van der Waals surface area contributed by atoms with Crippen LogP contribution in [0.2, 0.25) is 0 Å². The third-order valence-electron chi connectivity index (χ3n) is 2.45. The monoisotopic (exact) mass is 195 g/mol. The first-order valence-corrected chi connectivity index (χ1v) is 4.93. The second-order valence-electron chi connectivity index (χ2n) is 3.47. The number of ether oxygens (including phenoxy) is 1. The molecule has 2 nitrogen and oxygen atoms in total. The molecule has 1 aromatic rings. The molecule has 0 aromatic heterocycles. The first kappa shape index (κ1) is 9.46. The number of fused-ring (bicyclic) bond motifs is 1. The van der Waals surface area contributed by atoms with Gasteiger partial charge < -0.3 is 10.1 Å². The van der Waals surface area contributed by atoms with Crippen molar-refractivity contribution in [3.05, 3.63) is 29.6 Å². The van der Waals surface area contributed by atoms with E-state index in [-0.39, 0.29) is 11.9 Å². The highest BCUT2D eigenvalue weighted by Gasteiger charge is 2.22. The van der Waals surface area contributed by atoms with Crippen LogP contribution in [-0.4, -0.2) is 19.3 Å². The van der Waals surface area contributed by atoms with Gasteiger partial charge in [0.15, 0.2) is 0 Å². The van der Waals surface area contributed by atoms with Crippen LogP contribution in [0.3, 0.4) is 0 Å². The minimum Gasteiger partial charge on any atom is -0.380 e. The van der Waals surface area contributed by atoms with Crippen LogP contribution >= 0.6 is 0 Å². The number of anilines is 1. The van der Waals surface area contributed by atoms with E-state index in [1.54, 1.807) is 6.07 Å². The summed E-state index contributed by atoms with van der Waals surface area (Å²) in [6, 6.07) is 5.36. The number of hydrogen-bond donors (Lipinski definition) is 1. The molecule has 2 rings (SSSR count). The molecule has 0 amide bonds. The standard InChI is InChI=1S/C11H14FNO/c1-2-14-7-8-6-9-10(12)4-3-5-11(9)13-8/h3-5,8,13H,2,6-7H2,1H3. The van der Waals surface area contributed by atoms with Gasteiger partial charge in [-0.25, -0.2) is 4.39 Å². The first-order chi connectivity index (χ1) is 6.81. The summed E-state index contributed by atoms with van der Waals surface area (Å²) < 4.78 is 18.6. The summed E-state index contributed by atoms with van der Waals surface area (Å²) in [5.41, 5.74) is 1.70. The summed E-state index contributed by atoms with van der Waals surface area (Å²) in [6.07, 6.45) is 0.724. The Bertz CT molecular complexity index is 327. The Kier molecular flexibility index (Phi) is 2.68. The van der Waals surface area contributed by atoms with Gasteiger partial charge in [-0.15, -0.1) is 0 Å². The molecule has 0 saturated heterocycles. The van der Waals surface area contributed by atoms with Crippen molar-refractivity contribution in [3.8, 4) is 0 Å². The fourth-order valence-corrected chi connectivity index (χ4v) is 1.78. The average Bonchev–Trinajstić information content (AvgIpc) is 2.59. The highest BCUT2D eigenvalue weighted by atomic mass is 19.1. The summed E-state index contributed by atoms with van der Waals surface area (Å²) in [5, 5.41) is 3.25. The summed E-state index contributed by atoms with van der Waals surface area (Å²) >= 11 is 0. The van der Waals surface area contributed by atoms with E-state index < -0.39 is 0 Å². The summed E-state index contributed by atoms with van der Waals surface area (Å²) in [6.45, 7) is 3.31. The topological polar surface area (TPSA) is 21.3 Å². The molecule has 1 aliphatic rings. The van der Waals surface area contributed by atoms with Gasteiger partial charge in [-0.2, -0.15) is 0 Å². The van der Waals surface area contributed by atoms with E-state index in [0.29, 0.717) is 13.2 Å². The zero-order chi connectivity index (χ0) is 9.97. The minimum atomic E-state index is -0.117. The van der Waals surface area contributed by atoms with Gasteiger partial charge in [0.1, 0.15) is 5.82 Å².